The van der Waals surface area contributed by atoms with E-state index in [0.29, 0.717) is 20.9 Å². The molecule has 0 bridgehead atoms. The lowest BCUT2D eigenvalue weighted by atomic mass is 10.1. The van der Waals surface area contributed by atoms with Gasteiger partial charge in [0.05, 0.1) is 10.7 Å². The molecule has 3 rings (SSSR count). The van der Waals surface area contributed by atoms with Crippen LogP contribution < -0.4 is 11.5 Å². The van der Waals surface area contributed by atoms with E-state index in [0.717, 1.165) is 4.68 Å². The van der Waals surface area contributed by atoms with E-state index >= 15 is 0 Å². The summed E-state index contributed by atoms with van der Waals surface area (Å²) in [7, 11) is 0. The smallest absolute Gasteiger partial charge is 0.254 e. The number of amides is 1. The summed E-state index contributed by atoms with van der Waals surface area (Å²) in [5.74, 6) is -1.33. The van der Waals surface area contributed by atoms with E-state index in [9.17, 15) is 9.18 Å². The van der Waals surface area contributed by atoms with Crippen molar-refractivity contribution in [3.63, 3.8) is 0 Å². The van der Waals surface area contributed by atoms with Crippen LogP contribution in [0.15, 0.2) is 41.0 Å². The Morgan fingerprint density at radius 2 is 2.08 bits per heavy atom. The third-order valence-corrected chi connectivity index (χ3v) is 4.39. The van der Waals surface area contributed by atoms with Crippen LogP contribution in [0.2, 0.25) is 5.02 Å². The Hall–Kier alpha value is -2.45. The Bertz CT molecular complexity index is 938. The largest absolute Gasteiger partial charge is 0.383 e. The van der Waals surface area contributed by atoms with E-state index in [2.05, 4.69) is 26.0 Å². The molecule has 25 heavy (non-hydrogen) atoms. The number of hydrogen-bond acceptors (Lipinski definition) is 4. The number of halogens is 3. The highest BCUT2D eigenvalue weighted by molar-refractivity contribution is 9.10. The number of anilines is 1. The molecule has 4 N–H and O–H groups in total. The molecular formula is C16H12BrClFN5O. The zero-order valence-electron chi connectivity index (χ0n) is 12.7. The van der Waals surface area contributed by atoms with Crippen LogP contribution in [0.4, 0.5) is 10.2 Å². The molecule has 0 fully saturated rings. The van der Waals surface area contributed by atoms with Crippen molar-refractivity contribution in [1.82, 2.24) is 14.8 Å². The maximum atomic E-state index is 14.2. The molecule has 1 aromatic carbocycles. The van der Waals surface area contributed by atoms with Gasteiger partial charge in [-0.05, 0) is 40.2 Å². The number of primary amides is 1. The van der Waals surface area contributed by atoms with Crippen molar-refractivity contribution in [2.45, 2.75) is 6.42 Å². The predicted molar refractivity (Wildman–Crippen MR) is 96.2 cm³/mol. The molecule has 128 valence electrons. The number of carbonyl (C=O) groups is 1. The van der Waals surface area contributed by atoms with Crippen molar-refractivity contribution in [2.24, 2.45) is 5.73 Å². The molecule has 0 aliphatic rings. The molecule has 0 aliphatic heterocycles. The summed E-state index contributed by atoms with van der Waals surface area (Å²) >= 11 is 9.08. The Labute approximate surface area is 155 Å². The topological polar surface area (TPSA) is 99.8 Å². The lowest BCUT2D eigenvalue weighted by Gasteiger charge is -2.07. The van der Waals surface area contributed by atoms with Gasteiger partial charge >= 0.3 is 0 Å². The summed E-state index contributed by atoms with van der Waals surface area (Å²) in [6, 6.07) is 7.81. The van der Waals surface area contributed by atoms with Gasteiger partial charge in [-0.3, -0.25) is 9.78 Å². The number of nitrogens with two attached hydrogens (primary N) is 2. The average molecular weight is 425 g/mol. The molecule has 9 heteroatoms. The summed E-state index contributed by atoms with van der Waals surface area (Å²) < 4.78 is 15.8. The van der Waals surface area contributed by atoms with Gasteiger partial charge in [0.2, 0.25) is 0 Å². The second-order valence-corrected chi connectivity index (χ2v) is 6.49. The Kier molecular flexibility index (Phi) is 4.73. The number of nitrogen functional groups attached to an aromatic ring is 1. The van der Waals surface area contributed by atoms with Crippen LogP contribution in [-0.4, -0.2) is 20.7 Å². The number of rotatable bonds is 4. The summed E-state index contributed by atoms with van der Waals surface area (Å²) in [4.78, 5) is 16.0. The number of benzene rings is 1. The first kappa shape index (κ1) is 17.4. The van der Waals surface area contributed by atoms with Gasteiger partial charge in [-0.25, -0.2) is 9.07 Å². The fourth-order valence-electron chi connectivity index (χ4n) is 2.41. The van der Waals surface area contributed by atoms with Gasteiger partial charge in [0.1, 0.15) is 22.9 Å². The maximum absolute atomic E-state index is 14.2. The van der Waals surface area contributed by atoms with Crippen LogP contribution in [0.3, 0.4) is 0 Å². The number of pyridine rings is 1. The number of nitrogens with zero attached hydrogens (tertiary/aromatic N) is 3. The first-order valence-corrected chi connectivity index (χ1v) is 8.27. The first-order chi connectivity index (χ1) is 11.9. The third kappa shape index (κ3) is 3.35. The molecule has 3 aromatic rings. The van der Waals surface area contributed by atoms with E-state index in [-0.39, 0.29) is 23.5 Å². The first-order valence-electron chi connectivity index (χ1n) is 7.10. The van der Waals surface area contributed by atoms with Gasteiger partial charge in [-0.1, -0.05) is 17.7 Å². The number of aromatic nitrogens is 3. The van der Waals surface area contributed by atoms with Crippen LogP contribution in [0, 0.1) is 5.82 Å². The van der Waals surface area contributed by atoms with E-state index in [1.807, 2.05) is 0 Å². The molecule has 1 amide bonds. The van der Waals surface area contributed by atoms with Gasteiger partial charge in [-0.2, -0.15) is 5.10 Å². The molecule has 6 nitrogen and oxygen atoms in total. The average Bonchev–Trinajstić information content (AvgIpc) is 2.86. The SMILES string of the molecule is NC(=O)c1c(Cc2ccc(Cl)cn2)nn(-c2c(F)cccc2Br)c1N. The van der Waals surface area contributed by atoms with Gasteiger partial charge < -0.3 is 11.5 Å². The predicted octanol–water partition coefficient (Wildman–Crippen LogP) is 3.09. The van der Waals surface area contributed by atoms with Crippen molar-refractivity contribution < 1.29 is 9.18 Å². The minimum atomic E-state index is -0.750. The Balaban J connectivity index is 2.13. The summed E-state index contributed by atoms with van der Waals surface area (Å²) in [6.45, 7) is 0. The highest BCUT2D eigenvalue weighted by Gasteiger charge is 2.23. The van der Waals surface area contributed by atoms with Crippen LogP contribution in [0.1, 0.15) is 21.7 Å². The molecule has 0 radical (unpaired) electrons. The van der Waals surface area contributed by atoms with Gasteiger partial charge in [0.25, 0.3) is 5.91 Å². The molecule has 0 saturated heterocycles. The van der Waals surface area contributed by atoms with Crippen LogP contribution in [0.5, 0.6) is 0 Å². The summed E-state index contributed by atoms with van der Waals surface area (Å²) in [6.07, 6.45) is 1.67. The van der Waals surface area contributed by atoms with Crippen molar-refractivity contribution >= 4 is 39.3 Å². The Morgan fingerprint density at radius 3 is 2.68 bits per heavy atom. The number of para-hydroxylation sites is 1. The van der Waals surface area contributed by atoms with Crippen LogP contribution >= 0.6 is 27.5 Å². The normalized spacial score (nSPS) is 10.8. The third-order valence-electron chi connectivity index (χ3n) is 3.53. The van der Waals surface area contributed by atoms with Crippen molar-refractivity contribution in [2.75, 3.05) is 5.73 Å². The summed E-state index contributed by atoms with van der Waals surface area (Å²) in [5.41, 5.74) is 12.5. The van der Waals surface area contributed by atoms with Crippen molar-refractivity contribution in [3.05, 3.63) is 68.8 Å². The van der Waals surface area contributed by atoms with Gasteiger partial charge in [-0.15, -0.1) is 0 Å². The Morgan fingerprint density at radius 1 is 1.32 bits per heavy atom. The molecule has 0 aliphatic carbocycles. The van der Waals surface area contributed by atoms with Crippen molar-refractivity contribution in [3.8, 4) is 5.69 Å². The number of carbonyl (C=O) groups excluding carboxylic acids is 1. The van der Waals surface area contributed by atoms with E-state index in [1.54, 1.807) is 18.2 Å². The highest BCUT2D eigenvalue weighted by atomic mass is 79.9. The second-order valence-electron chi connectivity index (χ2n) is 5.20. The lowest BCUT2D eigenvalue weighted by molar-refractivity contribution is 0.100. The number of hydrogen-bond donors (Lipinski definition) is 2. The molecular weight excluding hydrogens is 413 g/mol. The molecule has 2 aromatic heterocycles. The van der Waals surface area contributed by atoms with Gasteiger partial charge in [0, 0.05) is 22.8 Å². The van der Waals surface area contributed by atoms with Gasteiger partial charge in [0.15, 0.2) is 0 Å². The maximum Gasteiger partial charge on any atom is 0.254 e. The lowest BCUT2D eigenvalue weighted by Crippen LogP contribution is -2.15. The minimum Gasteiger partial charge on any atom is -0.383 e. The van der Waals surface area contributed by atoms with Crippen LogP contribution in [0.25, 0.3) is 5.69 Å². The summed E-state index contributed by atoms with van der Waals surface area (Å²) in [5, 5.41) is 4.77. The van der Waals surface area contributed by atoms with Crippen molar-refractivity contribution in [1.29, 1.82) is 0 Å². The van der Waals surface area contributed by atoms with E-state index < -0.39 is 11.7 Å². The monoisotopic (exact) mass is 423 g/mol. The highest BCUT2D eigenvalue weighted by Crippen LogP contribution is 2.29. The fourth-order valence-corrected chi connectivity index (χ4v) is 3.04. The molecule has 0 spiro atoms. The molecule has 0 unspecified atom stereocenters. The van der Waals surface area contributed by atoms with E-state index in [1.165, 1.54) is 18.3 Å². The minimum absolute atomic E-state index is 0.0342. The molecule has 2 heterocycles. The molecule has 0 atom stereocenters. The van der Waals surface area contributed by atoms with Crippen LogP contribution in [-0.2, 0) is 6.42 Å². The fraction of sp³-hybridized carbons (Fsp3) is 0.0625. The second kappa shape index (κ2) is 6.81. The zero-order valence-corrected chi connectivity index (χ0v) is 15.1. The molecule has 0 saturated carbocycles. The quantitative estimate of drug-likeness (QED) is 0.672. The standard InChI is InChI=1S/C16H12BrClFN5O/c17-10-2-1-3-11(19)14(10)24-15(20)13(16(21)25)12(23-24)6-9-5-4-8(18)7-22-9/h1-5,7H,6,20H2,(H2,21,25). The van der Waals surface area contributed by atoms with E-state index in [4.69, 9.17) is 23.1 Å². The zero-order chi connectivity index (χ0) is 18.1.